The minimum absolute atomic E-state index is 0.00145. The molecule has 2 nitrogen and oxygen atoms in total. The standard InChI is InChI=1S/C12H18O2/c1-4-6-7-8-10(3)11(5-2)9-12(13)14/h2,11H,3-4,6-9H2,1H3,(H,13,14). The summed E-state index contributed by atoms with van der Waals surface area (Å²) >= 11 is 0. The number of carboxylic acid groups (broad SMARTS) is 1. The van der Waals surface area contributed by atoms with Gasteiger partial charge in [-0.1, -0.05) is 37.8 Å². The molecule has 0 radical (unpaired) electrons. The molecule has 0 amide bonds. The van der Waals surface area contributed by atoms with Gasteiger partial charge in [-0.15, -0.1) is 6.42 Å². The lowest BCUT2D eigenvalue weighted by Crippen LogP contribution is -2.08. The second-order valence-electron chi connectivity index (χ2n) is 3.43. The van der Waals surface area contributed by atoms with Crippen LogP contribution in [0.3, 0.4) is 0 Å². The van der Waals surface area contributed by atoms with Crippen molar-refractivity contribution in [3.8, 4) is 12.3 Å². The number of unbranched alkanes of at least 4 members (excludes halogenated alkanes) is 2. The monoisotopic (exact) mass is 194 g/mol. The highest BCUT2D eigenvalue weighted by molar-refractivity contribution is 5.68. The summed E-state index contributed by atoms with van der Waals surface area (Å²) in [7, 11) is 0. The van der Waals surface area contributed by atoms with Gasteiger partial charge in [0.15, 0.2) is 0 Å². The Labute approximate surface area is 86.0 Å². The topological polar surface area (TPSA) is 37.3 Å². The molecule has 0 aromatic heterocycles. The Bertz CT molecular complexity index is 235. The molecular weight excluding hydrogens is 176 g/mol. The average molecular weight is 194 g/mol. The zero-order valence-electron chi connectivity index (χ0n) is 8.75. The van der Waals surface area contributed by atoms with Crippen molar-refractivity contribution in [1.29, 1.82) is 0 Å². The highest BCUT2D eigenvalue weighted by Gasteiger charge is 2.13. The summed E-state index contributed by atoms with van der Waals surface area (Å²) in [4.78, 5) is 10.5. The van der Waals surface area contributed by atoms with Crippen LogP contribution in [0.15, 0.2) is 12.2 Å². The van der Waals surface area contributed by atoms with E-state index in [1.54, 1.807) is 0 Å². The third-order valence-electron chi connectivity index (χ3n) is 2.17. The summed E-state index contributed by atoms with van der Waals surface area (Å²) in [6.07, 6.45) is 9.43. The maximum Gasteiger partial charge on any atom is 0.304 e. The summed E-state index contributed by atoms with van der Waals surface area (Å²) < 4.78 is 0. The molecule has 2 heteroatoms. The van der Waals surface area contributed by atoms with Gasteiger partial charge < -0.3 is 5.11 Å². The van der Waals surface area contributed by atoms with Crippen LogP contribution in [0.25, 0.3) is 0 Å². The minimum Gasteiger partial charge on any atom is -0.481 e. The Balaban J connectivity index is 3.94. The van der Waals surface area contributed by atoms with Gasteiger partial charge in [0.05, 0.1) is 12.3 Å². The van der Waals surface area contributed by atoms with E-state index in [-0.39, 0.29) is 12.3 Å². The summed E-state index contributed by atoms with van der Waals surface area (Å²) in [5, 5.41) is 8.60. The zero-order valence-corrected chi connectivity index (χ0v) is 8.75. The first-order chi connectivity index (χ1) is 6.61. The predicted molar refractivity (Wildman–Crippen MR) is 57.9 cm³/mol. The molecule has 1 N–H and O–H groups in total. The largest absolute Gasteiger partial charge is 0.481 e. The van der Waals surface area contributed by atoms with E-state index in [1.807, 2.05) is 0 Å². The lowest BCUT2D eigenvalue weighted by Gasteiger charge is -2.11. The maximum absolute atomic E-state index is 10.5. The predicted octanol–water partition coefficient (Wildman–Crippen LogP) is 2.85. The first kappa shape index (κ1) is 12.8. The summed E-state index contributed by atoms with van der Waals surface area (Å²) in [6, 6.07) is 0. The molecule has 14 heavy (non-hydrogen) atoms. The van der Waals surface area contributed by atoms with Crippen LogP contribution in [0.2, 0.25) is 0 Å². The van der Waals surface area contributed by atoms with Crippen molar-refractivity contribution in [3.05, 3.63) is 12.2 Å². The number of carbonyl (C=O) groups is 1. The Kier molecular flexibility index (Phi) is 6.57. The second-order valence-corrected chi connectivity index (χ2v) is 3.43. The van der Waals surface area contributed by atoms with Gasteiger partial charge in [-0.2, -0.15) is 0 Å². The van der Waals surface area contributed by atoms with Crippen LogP contribution in [-0.4, -0.2) is 11.1 Å². The molecule has 0 saturated heterocycles. The van der Waals surface area contributed by atoms with Crippen LogP contribution in [0.1, 0.15) is 39.0 Å². The van der Waals surface area contributed by atoms with E-state index >= 15 is 0 Å². The van der Waals surface area contributed by atoms with Gasteiger partial charge in [-0.25, -0.2) is 0 Å². The van der Waals surface area contributed by atoms with Gasteiger partial charge in [-0.3, -0.25) is 4.79 Å². The van der Waals surface area contributed by atoms with Crippen molar-refractivity contribution in [2.75, 3.05) is 0 Å². The Hall–Kier alpha value is -1.23. The van der Waals surface area contributed by atoms with E-state index in [0.29, 0.717) is 0 Å². The average Bonchev–Trinajstić information content (AvgIpc) is 2.14. The van der Waals surface area contributed by atoms with Crippen LogP contribution < -0.4 is 0 Å². The van der Waals surface area contributed by atoms with Gasteiger partial charge in [-0.05, 0) is 12.8 Å². The lowest BCUT2D eigenvalue weighted by molar-refractivity contribution is -0.137. The zero-order chi connectivity index (χ0) is 11.0. The highest BCUT2D eigenvalue weighted by Crippen LogP contribution is 2.18. The van der Waals surface area contributed by atoms with Crippen molar-refractivity contribution < 1.29 is 9.90 Å². The smallest absolute Gasteiger partial charge is 0.304 e. The minimum atomic E-state index is -0.857. The van der Waals surface area contributed by atoms with Crippen LogP contribution in [-0.2, 0) is 4.79 Å². The first-order valence-corrected chi connectivity index (χ1v) is 4.97. The van der Waals surface area contributed by atoms with Crippen LogP contribution in [0.4, 0.5) is 0 Å². The van der Waals surface area contributed by atoms with Crippen molar-refractivity contribution in [3.63, 3.8) is 0 Å². The molecule has 0 spiro atoms. The summed E-state index contributed by atoms with van der Waals surface area (Å²) in [5.41, 5.74) is 0.878. The van der Waals surface area contributed by atoms with Crippen LogP contribution >= 0.6 is 0 Å². The fourth-order valence-corrected chi connectivity index (χ4v) is 1.27. The second kappa shape index (κ2) is 7.20. The van der Waals surface area contributed by atoms with Crippen LogP contribution in [0, 0.1) is 18.3 Å². The van der Waals surface area contributed by atoms with Crippen molar-refractivity contribution in [1.82, 2.24) is 0 Å². The van der Waals surface area contributed by atoms with Gasteiger partial charge >= 0.3 is 5.97 Å². The van der Waals surface area contributed by atoms with E-state index in [0.717, 1.165) is 31.3 Å². The third kappa shape index (κ3) is 5.42. The number of hydrogen-bond donors (Lipinski definition) is 1. The number of hydrogen-bond acceptors (Lipinski definition) is 1. The molecule has 0 rings (SSSR count). The van der Waals surface area contributed by atoms with Crippen LogP contribution in [0.5, 0.6) is 0 Å². The Morgan fingerprint density at radius 2 is 2.21 bits per heavy atom. The molecule has 0 aliphatic heterocycles. The van der Waals surface area contributed by atoms with E-state index in [1.165, 1.54) is 0 Å². The van der Waals surface area contributed by atoms with Crippen molar-refractivity contribution in [2.45, 2.75) is 39.0 Å². The highest BCUT2D eigenvalue weighted by atomic mass is 16.4. The van der Waals surface area contributed by atoms with Gasteiger partial charge in [0.1, 0.15) is 0 Å². The maximum atomic E-state index is 10.5. The van der Waals surface area contributed by atoms with E-state index in [2.05, 4.69) is 19.4 Å². The number of allylic oxidation sites excluding steroid dienone is 1. The molecule has 0 aliphatic rings. The molecule has 0 bridgehead atoms. The Morgan fingerprint density at radius 1 is 1.57 bits per heavy atom. The molecule has 0 aromatic carbocycles. The normalized spacial score (nSPS) is 11.7. The molecule has 0 aromatic rings. The number of terminal acetylenes is 1. The Morgan fingerprint density at radius 3 is 2.64 bits per heavy atom. The first-order valence-electron chi connectivity index (χ1n) is 4.97. The molecule has 1 atom stereocenters. The molecular formula is C12H18O2. The van der Waals surface area contributed by atoms with Crippen molar-refractivity contribution >= 4 is 5.97 Å². The van der Waals surface area contributed by atoms with Gasteiger partial charge in [0, 0.05) is 0 Å². The molecule has 0 fully saturated rings. The molecule has 0 saturated carbocycles. The molecule has 0 aliphatic carbocycles. The number of carboxylic acids is 1. The summed E-state index contributed by atoms with van der Waals surface area (Å²) in [5.74, 6) is 1.32. The SMILES string of the molecule is C#CC(CC(=O)O)C(=C)CCCCC. The molecule has 78 valence electrons. The van der Waals surface area contributed by atoms with Gasteiger partial charge in [0.25, 0.3) is 0 Å². The quantitative estimate of drug-likeness (QED) is 0.384. The fourth-order valence-electron chi connectivity index (χ4n) is 1.27. The molecule has 0 heterocycles. The fraction of sp³-hybridized carbons (Fsp3) is 0.583. The van der Waals surface area contributed by atoms with E-state index < -0.39 is 5.97 Å². The van der Waals surface area contributed by atoms with E-state index in [9.17, 15) is 4.79 Å². The van der Waals surface area contributed by atoms with Crippen molar-refractivity contribution in [2.24, 2.45) is 5.92 Å². The number of rotatable bonds is 7. The number of aliphatic carboxylic acids is 1. The van der Waals surface area contributed by atoms with E-state index in [4.69, 9.17) is 11.5 Å². The lowest BCUT2D eigenvalue weighted by atomic mass is 9.93. The van der Waals surface area contributed by atoms with Gasteiger partial charge in [0.2, 0.25) is 0 Å². The molecule has 1 unspecified atom stereocenters. The third-order valence-corrected chi connectivity index (χ3v) is 2.17. The summed E-state index contributed by atoms with van der Waals surface area (Å²) in [6.45, 7) is 5.97.